The van der Waals surface area contributed by atoms with Crippen molar-refractivity contribution in [2.45, 2.75) is 19.4 Å². The summed E-state index contributed by atoms with van der Waals surface area (Å²) in [6.07, 6.45) is 0. The van der Waals surface area contributed by atoms with Crippen molar-refractivity contribution in [2.75, 3.05) is 18.0 Å². The van der Waals surface area contributed by atoms with E-state index in [2.05, 4.69) is 78.3 Å². The maximum atomic E-state index is 7.14. The highest BCUT2D eigenvalue weighted by atomic mass is 35.5. The zero-order chi connectivity index (χ0) is 24.4. The van der Waals surface area contributed by atoms with Crippen LogP contribution < -0.4 is 14.4 Å². The molecule has 1 aromatic heterocycles. The molecule has 0 amide bonds. The quantitative estimate of drug-likeness (QED) is 0.276. The van der Waals surface area contributed by atoms with Crippen molar-refractivity contribution in [3.8, 4) is 28.5 Å². The average Bonchev–Trinajstić information content (AvgIpc) is 3.31. The van der Waals surface area contributed by atoms with Crippen LogP contribution in [0.1, 0.15) is 30.5 Å². The Balaban J connectivity index is 1.62. The van der Waals surface area contributed by atoms with E-state index in [-0.39, 0.29) is 0 Å². The lowest BCUT2D eigenvalue weighted by Gasteiger charge is -2.43. The molecule has 1 unspecified atom stereocenters. The van der Waals surface area contributed by atoms with Gasteiger partial charge in [-0.1, -0.05) is 41.9 Å². The molecule has 0 radical (unpaired) electrons. The van der Waals surface area contributed by atoms with Crippen LogP contribution in [0, 0.1) is 0 Å². The number of nitrogens with one attached hydrogen (secondary N) is 1. The Morgan fingerprint density at radius 3 is 2.47 bits per heavy atom. The van der Waals surface area contributed by atoms with E-state index in [1.165, 1.54) is 0 Å². The molecule has 0 bridgehead atoms. The molecule has 2 aliphatic heterocycles. The number of ether oxygens (including phenoxy) is 2. The van der Waals surface area contributed by atoms with Gasteiger partial charge in [0.05, 0.1) is 5.69 Å². The summed E-state index contributed by atoms with van der Waals surface area (Å²) in [6.45, 7) is 6.18. The minimum absolute atomic E-state index is 0.642. The van der Waals surface area contributed by atoms with Crippen molar-refractivity contribution in [3.05, 3.63) is 107 Å². The minimum Gasteiger partial charge on any atom is -0.472 e. The van der Waals surface area contributed by atoms with Gasteiger partial charge in [0, 0.05) is 63.0 Å². The SMILES string of the molecule is CCN(CC)c1ccc2c(c1)Oc1ccc(Cl)cc1C21Oc2ccccc2-c2[nH]c3ccccc3c21. The van der Waals surface area contributed by atoms with E-state index < -0.39 is 5.60 Å². The van der Waals surface area contributed by atoms with Crippen molar-refractivity contribution in [3.63, 3.8) is 0 Å². The van der Waals surface area contributed by atoms with Crippen LogP contribution in [0.4, 0.5) is 5.69 Å². The molecule has 36 heavy (non-hydrogen) atoms. The third-order valence-corrected chi connectivity index (χ3v) is 7.73. The van der Waals surface area contributed by atoms with E-state index in [1.54, 1.807) is 0 Å². The first-order valence-electron chi connectivity index (χ1n) is 12.4. The molecule has 178 valence electrons. The Labute approximate surface area is 215 Å². The molecule has 1 atom stereocenters. The molecule has 5 heteroatoms. The molecule has 4 nitrogen and oxygen atoms in total. The molecular weight excluding hydrogens is 468 g/mol. The van der Waals surface area contributed by atoms with Crippen LogP contribution >= 0.6 is 11.6 Å². The van der Waals surface area contributed by atoms with E-state index in [4.69, 9.17) is 21.1 Å². The topological polar surface area (TPSA) is 37.5 Å². The molecule has 1 N–H and O–H groups in total. The summed E-state index contributed by atoms with van der Waals surface area (Å²) in [7, 11) is 0. The fourth-order valence-electron chi connectivity index (χ4n) is 5.87. The first-order valence-corrected chi connectivity index (χ1v) is 12.8. The van der Waals surface area contributed by atoms with Gasteiger partial charge in [-0.3, -0.25) is 0 Å². The Morgan fingerprint density at radius 2 is 1.61 bits per heavy atom. The van der Waals surface area contributed by atoms with Gasteiger partial charge < -0.3 is 19.4 Å². The summed E-state index contributed by atoms with van der Waals surface area (Å²) in [6, 6.07) is 28.9. The van der Waals surface area contributed by atoms with Crippen LogP contribution in [-0.2, 0) is 5.60 Å². The highest BCUT2D eigenvalue weighted by molar-refractivity contribution is 6.30. The molecule has 3 heterocycles. The first kappa shape index (κ1) is 21.4. The fraction of sp³-hybridized carbons (Fsp3) is 0.161. The number of H-pyrrole nitrogens is 1. The number of rotatable bonds is 3. The lowest BCUT2D eigenvalue weighted by Crippen LogP contribution is -2.41. The average molecular weight is 493 g/mol. The number of hydrogen-bond acceptors (Lipinski definition) is 3. The second-order valence-corrected chi connectivity index (χ2v) is 9.73. The molecule has 0 fully saturated rings. The van der Waals surface area contributed by atoms with Crippen molar-refractivity contribution in [1.82, 2.24) is 4.98 Å². The summed E-state index contributed by atoms with van der Waals surface area (Å²) >= 11 is 6.60. The standard InChI is InChI=1S/C31H25ClN2O2/c1-3-34(4-2)20-14-15-23-28(18-20)35-27-16-13-19(32)17-24(27)31(23)29-21-9-5-7-11-25(21)33-30(29)22-10-6-8-12-26(22)36-31/h5-18,33H,3-4H2,1-2H3. The zero-order valence-electron chi connectivity index (χ0n) is 20.1. The molecule has 0 saturated heterocycles. The van der Waals surface area contributed by atoms with Gasteiger partial charge in [0.25, 0.3) is 0 Å². The van der Waals surface area contributed by atoms with Crippen LogP contribution in [0.5, 0.6) is 17.2 Å². The lowest BCUT2D eigenvalue weighted by atomic mass is 9.74. The Kier molecular flexibility index (Phi) is 4.64. The molecule has 1 spiro atoms. The highest BCUT2D eigenvalue weighted by Crippen LogP contribution is 2.60. The molecule has 5 aromatic rings. The summed E-state index contributed by atoms with van der Waals surface area (Å²) in [5.41, 5.74) is 6.32. The predicted molar refractivity (Wildman–Crippen MR) is 146 cm³/mol. The van der Waals surface area contributed by atoms with Gasteiger partial charge in [-0.2, -0.15) is 0 Å². The van der Waals surface area contributed by atoms with Crippen LogP contribution in [-0.4, -0.2) is 18.1 Å². The van der Waals surface area contributed by atoms with Gasteiger partial charge in [0.1, 0.15) is 17.2 Å². The number of nitrogens with zero attached hydrogens (tertiary/aromatic N) is 1. The number of benzene rings is 4. The summed E-state index contributed by atoms with van der Waals surface area (Å²) < 4.78 is 13.7. The lowest BCUT2D eigenvalue weighted by molar-refractivity contribution is 0.139. The number of halogens is 1. The third-order valence-electron chi connectivity index (χ3n) is 7.49. The van der Waals surface area contributed by atoms with Crippen LogP contribution in [0.2, 0.25) is 5.02 Å². The third kappa shape index (κ3) is 2.82. The number of fused-ring (bicyclic) bond motifs is 10. The summed E-state index contributed by atoms with van der Waals surface area (Å²) in [5, 5.41) is 1.76. The van der Waals surface area contributed by atoms with Gasteiger partial charge in [0.2, 0.25) is 0 Å². The Hall–Kier alpha value is -3.89. The smallest absolute Gasteiger partial charge is 0.194 e. The number of anilines is 1. The van der Waals surface area contributed by atoms with E-state index in [0.717, 1.165) is 74.9 Å². The van der Waals surface area contributed by atoms with Crippen LogP contribution in [0.25, 0.3) is 22.2 Å². The normalized spacial score (nSPS) is 17.0. The van der Waals surface area contributed by atoms with Crippen molar-refractivity contribution in [1.29, 1.82) is 0 Å². The van der Waals surface area contributed by atoms with E-state index in [1.807, 2.05) is 30.3 Å². The van der Waals surface area contributed by atoms with Crippen molar-refractivity contribution >= 4 is 28.2 Å². The fourth-order valence-corrected chi connectivity index (χ4v) is 6.04. The number of para-hydroxylation sites is 2. The second kappa shape index (κ2) is 7.81. The largest absolute Gasteiger partial charge is 0.472 e. The Morgan fingerprint density at radius 1 is 0.806 bits per heavy atom. The van der Waals surface area contributed by atoms with Gasteiger partial charge in [0.15, 0.2) is 5.60 Å². The Bertz CT molecular complexity index is 1650. The predicted octanol–water partition coefficient (Wildman–Crippen LogP) is 8.12. The molecule has 0 saturated carbocycles. The first-order chi connectivity index (χ1) is 17.6. The molecule has 4 aromatic carbocycles. The van der Waals surface area contributed by atoms with E-state index in [9.17, 15) is 0 Å². The summed E-state index contributed by atoms with van der Waals surface area (Å²) in [4.78, 5) is 6.03. The van der Waals surface area contributed by atoms with Gasteiger partial charge in [-0.15, -0.1) is 0 Å². The maximum absolute atomic E-state index is 7.14. The maximum Gasteiger partial charge on any atom is 0.194 e. The van der Waals surface area contributed by atoms with E-state index >= 15 is 0 Å². The minimum atomic E-state index is -0.932. The van der Waals surface area contributed by atoms with Gasteiger partial charge >= 0.3 is 0 Å². The molecule has 7 rings (SSSR count). The van der Waals surface area contributed by atoms with Gasteiger partial charge in [-0.05, 0) is 62.4 Å². The monoisotopic (exact) mass is 492 g/mol. The molecular formula is C31H25ClN2O2. The zero-order valence-corrected chi connectivity index (χ0v) is 20.9. The summed E-state index contributed by atoms with van der Waals surface area (Å²) in [5.74, 6) is 2.37. The molecule has 2 aliphatic rings. The van der Waals surface area contributed by atoms with Crippen molar-refractivity contribution in [2.24, 2.45) is 0 Å². The van der Waals surface area contributed by atoms with Crippen LogP contribution in [0.3, 0.4) is 0 Å². The second-order valence-electron chi connectivity index (χ2n) is 9.30. The number of hydrogen-bond donors (Lipinski definition) is 1. The highest BCUT2D eigenvalue weighted by Gasteiger charge is 2.52. The van der Waals surface area contributed by atoms with Gasteiger partial charge in [-0.25, -0.2) is 0 Å². The molecule has 0 aliphatic carbocycles. The van der Waals surface area contributed by atoms with Crippen LogP contribution in [0.15, 0.2) is 84.9 Å². The number of aromatic nitrogens is 1. The van der Waals surface area contributed by atoms with Crippen molar-refractivity contribution < 1.29 is 9.47 Å². The number of aromatic amines is 1. The van der Waals surface area contributed by atoms with E-state index in [0.29, 0.717) is 5.02 Å².